The molecule has 0 spiro atoms. The molecule has 4 nitrogen and oxygen atoms in total. The molecule has 0 aliphatic heterocycles. The monoisotopic (exact) mass is 153 g/mol. The van der Waals surface area contributed by atoms with Crippen molar-refractivity contribution < 1.29 is 4.79 Å². The van der Waals surface area contributed by atoms with Gasteiger partial charge in [-0.1, -0.05) is 0 Å². The van der Waals surface area contributed by atoms with E-state index in [1.54, 1.807) is 6.19 Å². The lowest BCUT2D eigenvalue weighted by Crippen LogP contribution is -2.49. The lowest BCUT2D eigenvalue weighted by molar-refractivity contribution is -0.121. The van der Waals surface area contributed by atoms with Crippen LogP contribution in [0.1, 0.15) is 25.7 Å². The van der Waals surface area contributed by atoms with Gasteiger partial charge in [-0.25, -0.2) is 0 Å². The zero-order valence-electron chi connectivity index (χ0n) is 6.26. The Kier molecular flexibility index (Phi) is 2.11. The van der Waals surface area contributed by atoms with Gasteiger partial charge in [-0.3, -0.25) is 10.1 Å². The highest BCUT2D eigenvalue weighted by Crippen LogP contribution is 2.31. The number of hydrogen-bond donors (Lipinski definition) is 2. The minimum Gasteiger partial charge on any atom is -0.325 e. The topological polar surface area (TPSA) is 78.9 Å². The van der Waals surface area contributed by atoms with E-state index >= 15 is 0 Å². The second kappa shape index (κ2) is 2.89. The number of nitrogens with two attached hydrogens (primary N) is 1. The Morgan fingerprint density at radius 3 is 2.73 bits per heavy atom. The number of nitrogens with zero attached hydrogens (tertiary/aromatic N) is 1. The van der Waals surface area contributed by atoms with E-state index in [0.29, 0.717) is 0 Å². The first kappa shape index (κ1) is 8.02. The van der Waals surface area contributed by atoms with Crippen LogP contribution in [0.15, 0.2) is 0 Å². The van der Waals surface area contributed by atoms with E-state index in [2.05, 4.69) is 5.32 Å². The molecule has 0 aromatic heterocycles. The maximum atomic E-state index is 10.8. The van der Waals surface area contributed by atoms with E-state index in [9.17, 15) is 4.79 Å². The first-order chi connectivity index (χ1) is 5.16. The largest absolute Gasteiger partial charge is 0.325 e. The third-order valence-corrected chi connectivity index (χ3v) is 2.06. The molecule has 0 radical (unpaired) electrons. The molecular formula is C7H11N3O. The van der Waals surface area contributed by atoms with E-state index in [-0.39, 0.29) is 17.9 Å². The first-order valence-corrected chi connectivity index (χ1v) is 3.63. The lowest BCUT2D eigenvalue weighted by atomic mass is 9.75. The molecule has 0 aromatic rings. The fourth-order valence-corrected chi connectivity index (χ4v) is 1.23. The van der Waals surface area contributed by atoms with Crippen molar-refractivity contribution in [3.8, 4) is 6.19 Å². The quantitative estimate of drug-likeness (QED) is 0.428. The van der Waals surface area contributed by atoms with Crippen LogP contribution >= 0.6 is 0 Å². The van der Waals surface area contributed by atoms with Crippen LogP contribution in [-0.4, -0.2) is 11.4 Å². The highest BCUT2D eigenvalue weighted by Gasteiger charge is 2.34. The second-order valence-corrected chi connectivity index (χ2v) is 3.05. The van der Waals surface area contributed by atoms with Crippen molar-refractivity contribution in [3.05, 3.63) is 0 Å². The van der Waals surface area contributed by atoms with Crippen molar-refractivity contribution in [3.63, 3.8) is 0 Å². The number of amides is 1. The van der Waals surface area contributed by atoms with Crippen LogP contribution in [0.3, 0.4) is 0 Å². The minimum absolute atomic E-state index is 0.269. The Morgan fingerprint density at radius 1 is 1.73 bits per heavy atom. The van der Waals surface area contributed by atoms with Crippen molar-refractivity contribution in [2.24, 2.45) is 5.73 Å². The van der Waals surface area contributed by atoms with Crippen molar-refractivity contribution in [1.29, 1.82) is 5.26 Å². The van der Waals surface area contributed by atoms with Crippen molar-refractivity contribution >= 4 is 5.91 Å². The summed E-state index contributed by atoms with van der Waals surface area (Å²) in [7, 11) is 0. The van der Waals surface area contributed by atoms with Crippen LogP contribution in [0.2, 0.25) is 0 Å². The average Bonchev–Trinajstić information content (AvgIpc) is 1.85. The Bertz CT molecular complexity index is 202. The predicted molar refractivity (Wildman–Crippen MR) is 39.1 cm³/mol. The smallest absolute Gasteiger partial charge is 0.234 e. The van der Waals surface area contributed by atoms with Crippen molar-refractivity contribution in [2.75, 3.05) is 0 Å². The third-order valence-electron chi connectivity index (χ3n) is 2.06. The number of carbonyl (C=O) groups is 1. The fourth-order valence-electron chi connectivity index (χ4n) is 1.23. The Hall–Kier alpha value is -1.08. The number of nitrogens with one attached hydrogen (secondary N) is 1. The summed E-state index contributed by atoms with van der Waals surface area (Å²) < 4.78 is 0. The second-order valence-electron chi connectivity index (χ2n) is 3.05. The van der Waals surface area contributed by atoms with Crippen LogP contribution in [0.4, 0.5) is 0 Å². The van der Waals surface area contributed by atoms with Crippen LogP contribution < -0.4 is 11.1 Å². The van der Waals surface area contributed by atoms with Crippen LogP contribution in [-0.2, 0) is 4.79 Å². The predicted octanol–water partition coefficient (Wildman–Crippen LogP) is -0.145. The van der Waals surface area contributed by atoms with Gasteiger partial charge in [-0.15, -0.1) is 0 Å². The lowest BCUT2D eigenvalue weighted by Gasteiger charge is -2.37. The molecule has 3 N–H and O–H groups in total. The Balaban J connectivity index is 2.30. The maximum absolute atomic E-state index is 10.8. The molecule has 0 bridgehead atoms. The summed E-state index contributed by atoms with van der Waals surface area (Å²) in [6.45, 7) is 0. The van der Waals surface area contributed by atoms with Gasteiger partial charge < -0.3 is 5.73 Å². The summed E-state index contributed by atoms with van der Waals surface area (Å²) in [5.74, 6) is -0.269. The summed E-state index contributed by atoms with van der Waals surface area (Å²) >= 11 is 0. The van der Waals surface area contributed by atoms with E-state index < -0.39 is 0 Å². The van der Waals surface area contributed by atoms with Gasteiger partial charge in [0.05, 0.1) is 0 Å². The van der Waals surface area contributed by atoms with Crippen LogP contribution in [0, 0.1) is 11.5 Å². The zero-order valence-corrected chi connectivity index (χ0v) is 6.26. The summed E-state index contributed by atoms with van der Waals surface area (Å²) in [5.41, 5.74) is 5.45. The molecule has 1 aliphatic carbocycles. The minimum atomic E-state index is -0.319. The standard InChI is InChI=1S/C7H11N3O/c8-5-10-6(11)4-7(9)2-1-3-7/h1-4,9H2,(H,10,11). The molecule has 60 valence electrons. The van der Waals surface area contributed by atoms with Crippen molar-refractivity contribution in [1.82, 2.24) is 5.32 Å². The molecule has 0 saturated heterocycles. The molecule has 0 aromatic carbocycles. The van der Waals surface area contributed by atoms with E-state index in [4.69, 9.17) is 11.0 Å². The van der Waals surface area contributed by atoms with Gasteiger partial charge in [-0.2, -0.15) is 5.26 Å². The normalized spacial score (nSPS) is 19.6. The molecule has 1 amide bonds. The average molecular weight is 153 g/mol. The summed E-state index contributed by atoms with van der Waals surface area (Å²) in [6, 6.07) is 0. The van der Waals surface area contributed by atoms with E-state index in [0.717, 1.165) is 19.3 Å². The third kappa shape index (κ3) is 1.92. The van der Waals surface area contributed by atoms with E-state index in [1.807, 2.05) is 0 Å². The number of carbonyl (C=O) groups excluding carboxylic acids is 1. The molecule has 1 fully saturated rings. The zero-order chi connectivity index (χ0) is 8.32. The van der Waals surface area contributed by atoms with Crippen LogP contribution in [0.5, 0.6) is 0 Å². The SMILES string of the molecule is N#CNC(=O)CC1(N)CCC1. The van der Waals surface area contributed by atoms with Gasteiger partial charge in [0.15, 0.2) is 6.19 Å². The fraction of sp³-hybridized carbons (Fsp3) is 0.714. The van der Waals surface area contributed by atoms with Gasteiger partial charge in [-0.05, 0) is 19.3 Å². The highest BCUT2D eigenvalue weighted by atomic mass is 16.1. The molecule has 1 rings (SSSR count). The Morgan fingerprint density at radius 2 is 2.36 bits per heavy atom. The van der Waals surface area contributed by atoms with Crippen molar-refractivity contribution in [2.45, 2.75) is 31.2 Å². The molecule has 11 heavy (non-hydrogen) atoms. The van der Waals surface area contributed by atoms with E-state index in [1.165, 1.54) is 0 Å². The number of nitriles is 1. The van der Waals surface area contributed by atoms with Gasteiger partial charge in [0.2, 0.25) is 5.91 Å². The molecule has 0 unspecified atom stereocenters. The molecule has 0 atom stereocenters. The Labute approximate surface area is 65.4 Å². The summed E-state index contributed by atoms with van der Waals surface area (Å²) in [4.78, 5) is 10.8. The van der Waals surface area contributed by atoms with Gasteiger partial charge in [0.1, 0.15) is 0 Å². The van der Waals surface area contributed by atoms with Gasteiger partial charge >= 0.3 is 0 Å². The number of hydrogen-bond acceptors (Lipinski definition) is 3. The van der Waals surface area contributed by atoms with Gasteiger partial charge in [0, 0.05) is 12.0 Å². The highest BCUT2D eigenvalue weighted by molar-refractivity contribution is 5.78. The maximum Gasteiger partial charge on any atom is 0.234 e. The van der Waals surface area contributed by atoms with Crippen LogP contribution in [0.25, 0.3) is 0 Å². The first-order valence-electron chi connectivity index (χ1n) is 3.63. The molecule has 0 heterocycles. The molecule has 4 heteroatoms. The summed E-state index contributed by atoms with van der Waals surface area (Å²) in [5, 5.41) is 10.2. The molecule has 1 saturated carbocycles. The summed E-state index contributed by atoms with van der Waals surface area (Å²) in [6.07, 6.45) is 4.74. The van der Waals surface area contributed by atoms with Gasteiger partial charge in [0.25, 0.3) is 0 Å². The number of rotatable bonds is 2. The molecule has 1 aliphatic rings. The molecular weight excluding hydrogens is 142 g/mol.